The Balaban J connectivity index is 1.75. The fraction of sp³-hybridized carbons (Fsp3) is 0.312. The molecule has 0 saturated carbocycles. The fourth-order valence-electron chi connectivity index (χ4n) is 4.56. The minimum Gasteiger partial charge on any atom is -0.397 e. The molecule has 198 valence electrons. The number of anilines is 1. The average molecular weight is 515 g/mol. The largest absolute Gasteiger partial charge is 0.397 e. The Morgan fingerprint density at radius 1 is 1.08 bits per heavy atom. The maximum atomic E-state index is 12.6. The Morgan fingerprint density at radius 2 is 1.84 bits per heavy atom. The summed E-state index contributed by atoms with van der Waals surface area (Å²) in [7, 11) is 0. The molecule has 2 atom stereocenters. The van der Waals surface area contributed by atoms with E-state index in [-0.39, 0.29) is 18.3 Å². The maximum absolute atomic E-state index is 12.6. The summed E-state index contributed by atoms with van der Waals surface area (Å²) < 4.78 is 25.3. The van der Waals surface area contributed by atoms with Crippen molar-refractivity contribution in [2.24, 2.45) is 5.92 Å². The monoisotopic (exact) mass is 514 g/mol. The number of allylic oxidation sites excluding steroid dienone is 1. The molecule has 0 aliphatic heterocycles. The third kappa shape index (κ3) is 8.85. The number of hydrogen-bond acceptors (Lipinski definition) is 4. The highest BCUT2D eigenvalue weighted by Crippen LogP contribution is 2.27. The second-order valence-corrected chi connectivity index (χ2v) is 9.67. The molecule has 0 saturated heterocycles. The van der Waals surface area contributed by atoms with Crippen LogP contribution in [0, 0.1) is 17.2 Å². The molecule has 2 aromatic carbocycles. The lowest BCUT2D eigenvalue weighted by Crippen LogP contribution is -2.28. The smallest absolute Gasteiger partial charge is 0.238 e. The summed E-state index contributed by atoms with van der Waals surface area (Å²) in [6, 6.07) is 22.0. The normalized spacial score (nSPS) is 12.8. The summed E-state index contributed by atoms with van der Waals surface area (Å²) in [4.78, 5) is 6.40. The van der Waals surface area contributed by atoms with Crippen molar-refractivity contribution in [2.75, 3.05) is 18.8 Å². The molecule has 4 nitrogen and oxygen atoms in total. The van der Waals surface area contributed by atoms with E-state index in [1.165, 1.54) is 0 Å². The van der Waals surface area contributed by atoms with E-state index in [1.54, 1.807) is 12.4 Å². The van der Waals surface area contributed by atoms with E-state index in [4.69, 9.17) is 5.73 Å². The van der Waals surface area contributed by atoms with Crippen LogP contribution in [-0.2, 0) is 0 Å². The number of aromatic nitrogens is 1. The second kappa shape index (κ2) is 14.7. The van der Waals surface area contributed by atoms with Crippen LogP contribution in [0.15, 0.2) is 91.8 Å². The molecule has 6 heteroatoms. The number of alkyl halides is 2. The van der Waals surface area contributed by atoms with Crippen LogP contribution in [0.3, 0.4) is 0 Å². The van der Waals surface area contributed by atoms with E-state index < -0.39 is 6.43 Å². The Labute approximate surface area is 225 Å². The van der Waals surface area contributed by atoms with Crippen LogP contribution in [0.5, 0.6) is 0 Å². The molecule has 0 bridgehead atoms. The Morgan fingerprint density at radius 3 is 2.55 bits per heavy atom. The van der Waals surface area contributed by atoms with E-state index in [2.05, 4.69) is 53.7 Å². The molecule has 1 heterocycles. The quantitative estimate of drug-likeness (QED) is 0.224. The first-order valence-electron chi connectivity index (χ1n) is 13.0. The van der Waals surface area contributed by atoms with Crippen molar-refractivity contribution in [3.05, 3.63) is 114 Å². The van der Waals surface area contributed by atoms with E-state index >= 15 is 0 Å². The first kappa shape index (κ1) is 28.6. The lowest BCUT2D eigenvalue weighted by molar-refractivity contribution is 0.131. The third-order valence-electron chi connectivity index (χ3n) is 6.55. The predicted molar refractivity (Wildman–Crippen MR) is 151 cm³/mol. The van der Waals surface area contributed by atoms with Crippen molar-refractivity contribution in [3.8, 4) is 6.07 Å². The van der Waals surface area contributed by atoms with Crippen LogP contribution < -0.4 is 5.73 Å². The molecule has 0 aliphatic carbocycles. The van der Waals surface area contributed by atoms with Crippen molar-refractivity contribution in [1.82, 2.24) is 9.88 Å². The van der Waals surface area contributed by atoms with E-state index in [9.17, 15) is 14.0 Å². The second-order valence-electron chi connectivity index (χ2n) is 9.67. The van der Waals surface area contributed by atoms with Gasteiger partial charge in [0.25, 0.3) is 0 Å². The molecular formula is C32H36F2N4. The average Bonchev–Trinajstić information content (AvgIpc) is 2.92. The Bertz CT molecular complexity index is 1230. The number of hydrogen-bond donors (Lipinski definition) is 1. The highest BCUT2D eigenvalue weighted by atomic mass is 19.3. The molecule has 0 radical (unpaired) electrons. The molecule has 3 aromatic rings. The minimum atomic E-state index is -2.26. The summed E-state index contributed by atoms with van der Waals surface area (Å²) in [6.45, 7) is 7.82. The molecule has 0 aliphatic rings. The number of nitrogens with two attached hydrogens (primary N) is 1. The van der Waals surface area contributed by atoms with Crippen molar-refractivity contribution < 1.29 is 8.78 Å². The van der Waals surface area contributed by atoms with Gasteiger partial charge in [-0.15, -0.1) is 0 Å². The Hall–Kier alpha value is -3.98. The van der Waals surface area contributed by atoms with Crippen molar-refractivity contribution in [1.29, 1.82) is 5.26 Å². The highest BCUT2D eigenvalue weighted by molar-refractivity contribution is 5.64. The summed E-state index contributed by atoms with van der Waals surface area (Å²) >= 11 is 0. The molecule has 0 unspecified atom stereocenters. The topological polar surface area (TPSA) is 65.9 Å². The van der Waals surface area contributed by atoms with Crippen molar-refractivity contribution >= 4 is 11.4 Å². The van der Waals surface area contributed by atoms with Crippen LogP contribution in [0.1, 0.15) is 60.8 Å². The zero-order valence-electron chi connectivity index (χ0n) is 21.9. The SMILES string of the molecule is C=C(c1cncc(N)c1)N(CC/C=C\[C@H](c1ccccc1)c1cccc(C#N)c1)C[C@H](C)CCCC(F)F. The predicted octanol–water partition coefficient (Wildman–Crippen LogP) is 7.66. The van der Waals surface area contributed by atoms with Gasteiger partial charge in [-0.05, 0) is 54.5 Å². The van der Waals surface area contributed by atoms with Gasteiger partial charge in [0, 0.05) is 49.1 Å². The number of benzene rings is 2. The number of pyridine rings is 1. The van der Waals surface area contributed by atoms with Gasteiger partial charge >= 0.3 is 0 Å². The Kier molecular flexibility index (Phi) is 11.0. The number of nitriles is 1. The molecule has 0 amide bonds. The summed E-state index contributed by atoms with van der Waals surface area (Å²) in [5, 5.41) is 9.37. The molecule has 1 aromatic heterocycles. The zero-order chi connectivity index (χ0) is 27.3. The molecule has 38 heavy (non-hydrogen) atoms. The van der Waals surface area contributed by atoms with Crippen LogP contribution >= 0.6 is 0 Å². The summed E-state index contributed by atoms with van der Waals surface area (Å²) in [5.41, 5.74) is 11.0. The lowest BCUT2D eigenvalue weighted by Gasteiger charge is -2.29. The van der Waals surface area contributed by atoms with Gasteiger partial charge in [-0.2, -0.15) is 5.26 Å². The van der Waals surface area contributed by atoms with Gasteiger partial charge in [-0.3, -0.25) is 4.98 Å². The molecule has 0 spiro atoms. The van der Waals surface area contributed by atoms with Gasteiger partial charge in [0.15, 0.2) is 0 Å². The van der Waals surface area contributed by atoms with Gasteiger partial charge in [-0.1, -0.05) is 68.1 Å². The van der Waals surface area contributed by atoms with Gasteiger partial charge in [0.05, 0.1) is 17.3 Å². The highest BCUT2D eigenvalue weighted by Gasteiger charge is 2.16. The van der Waals surface area contributed by atoms with Gasteiger partial charge < -0.3 is 10.6 Å². The standard InChI is InChI=1S/C32H36F2N4/c1-24(10-8-16-32(33)34)23-38(25(2)29-19-30(36)22-37-21-29)17-7-6-15-31(27-12-4-3-5-13-27)28-14-9-11-26(18-28)20-35/h3-6,9,11-15,18-19,21-22,24,31-32H,2,7-8,10,16-17,23,36H2,1H3/b15-6-/t24-,31-/m1/s1. The van der Waals surface area contributed by atoms with Crippen LogP contribution in [0.2, 0.25) is 0 Å². The summed E-state index contributed by atoms with van der Waals surface area (Å²) in [5.74, 6) is 0.252. The first-order chi connectivity index (χ1) is 18.4. The molecule has 3 rings (SSSR count). The summed E-state index contributed by atoms with van der Waals surface area (Å²) in [6.07, 6.45) is 7.35. The van der Waals surface area contributed by atoms with Crippen LogP contribution in [-0.4, -0.2) is 29.4 Å². The number of nitrogen functional groups attached to an aromatic ring is 1. The number of nitrogens with zero attached hydrogens (tertiary/aromatic N) is 3. The first-order valence-corrected chi connectivity index (χ1v) is 13.0. The molecule has 0 fully saturated rings. The van der Waals surface area contributed by atoms with E-state index in [0.717, 1.165) is 35.2 Å². The third-order valence-corrected chi connectivity index (χ3v) is 6.55. The van der Waals surface area contributed by atoms with E-state index in [0.29, 0.717) is 30.8 Å². The van der Waals surface area contributed by atoms with Crippen LogP contribution in [0.4, 0.5) is 14.5 Å². The zero-order valence-corrected chi connectivity index (χ0v) is 21.9. The van der Waals surface area contributed by atoms with Gasteiger partial charge in [-0.25, -0.2) is 8.78 Å². The maximum Gasteiger partial charge on any atom is 0.238 e. The van der Waals surface area contributed by atoms with Crippen molar-refractivity contribution in [3.63, 3.8) is 0 Å². The number of rotatable bonds is 14. The lowest BCUT2D eigenvalue weighted by atomic mass is 9.90. The minimum absolute atomic E-state index is 0.0209. The fourth-order valence-corrected chi connectivity index (χ4v) is 4.56. The van der Waals surface area contributed by atoms with Gasteiger partial charge in [0.2, 0.25) is 6.43 Å². The van der Waals surface area contributed by atoms with Crippen LogP contribution in [0.25, 0.3) is 5.70 Å². The molecular weight excluding hydrogens is 478 g/mol. The van der Waals surface area contributed by atoms with Crippen molar-refractivity contribution in [2.45, 2.75) is 45.0 Å². The number of halogens is 2. The molecule has 2 N–H and O–H groups in total. The van der Waals surface area contributed by atoms with E-state index in [1.807, 2.05) is 48.5 Å². The van der Waals surface area contributed by atoms with Gasteiger partial charge in [0.1, 0.15) is 0 Å².